The molecule has 0 aliphatic carbocycles. The Morgan fingerprint density at radius 3 is 2.29 bits per heavy atom. The van der Waals surface area contributed by atoms with Gasteiger partial charge in [0, 0.05) is 23.8 Å². The molecule has 3 rings (SSSR count). The van der Waals surface area contributed by atoms with Gasteiger partial charge < -0.3 is 29.6 Å². The van der Waals surface area contributed by atoms with Gasteiger partial charge in [0.15, 0.2) is 6.23 Å². The van der Waals surface area contributed by atoms with E-state index >= 15 is 0 Å². The largest absolute Gasteiger partial charge is 0.481 e. The Labute approximate surface area is 196 Å². The molecule has 0 spiro atoms. The van der Waals surface area contributed by atoms with E-state index in [4.69, 9.17) is 26.1 Å². The summed E-state index contributed by atoms with van der Waals surface area (Å²) < 4.78 is 37.5. The van der Waals surface area contributed by atoms with Gasteiger partial charge in [0.1, 0.15) is 18.3 Å². The maximum atomic E-state index is 12.9. The van der Waals surface area contributed by atoms with Crippen LogP contribution in [0.5, 0.6) is 0 Å². The topological polar surface area (TPSA) is 207 Å². The van der Waals surface area contributed by atoms with Crippen molar-refractivity contribution in [2.24, 2.45) is 0 Å². The summed E-state index contributed by atoms with van der Waals surface area (Å²) in [7, 11) is -10.6. The number of halogens is 1. The zero-order chi connectivity index (χ0) is 25.3. The number of nitrogens with zero attached hydrogens (tertiary/aromatic N) is 2. The number of aliphatic hydroxyl groups is 2. The number of phosphoric acid groups is 2. The van der Waals surface area contributed by atoms with E-state index in [1.165, 1.54) is 0 Å². The number of benzene rings is 1. The van der Waals surface area contributed by atoms with Crippen molar-refractivity contribution in [2.75, 3.05) is 6.61 Å². The fourth-order valence-corrected chi connectivity index (χ4v) is 4.97. The van der Waals surface area contributed by atoms with Gasteiger partial charge in [0.25, 0.3) is 5.56 Å². The molecule has 5 atom stereocenters. The van der Waals surface area contributed by atoms with Crippen LogP contribution in [-0.2, 0) is 35.7 Å². The molecule has 17 heteroatoms. The average Bonchev–Trinajstić information content (AvgIpc) is 3.00. The number of rotatable bonds is 9. The predicted octanol–water partition coefficient (Wildman–Crippen LogP) is -0.248. The summed E-state index contributed by atoms with van der Waals surface area (Å²) in [5.41, 5.74) is -0.655. The first-order chi connectivity index (χ1) is 15.8. The fraction of sp³-hybridized carbons (Fsp3) is 0.412. The molecule has 1 fully saturated rings. The van der Waals surface area contributed by atoms with Gasteiger partial charge in [-0.25, -0.2) is 13.9 Å². The minimum Gasteiger partial charge on any atom is -0.387 e. The third-order valence-electron chi connectivity index (χ3n) is 4.86. The Balaban J connectivity index is 1.75. The molecule has 1 aromatic carbocycles. The van der Waals surface area contributed by atoms with Gasteiger partial charge in [-0.1, -0.05) is 23.7 Å². The van der Waals surface area contributed by atoms with Gasteiger partial charge in [0.05, 0.1) is 6.61 Å². The molecule has 188 valence electrons. The van der Waals surface area contributed by atoms with E-state index in [1.807, 2.05) is 0 Å². The number of ether oxygens (including phenoxy) is 1. The second kappa shape index (κ2) is 10.5. The Hall–Kier alpha value is -1.67. The highest BCUT2D eigenvalue weighted by molar-refractivity contribution is 7.60. The zero-order valence-corrected chi connectivity index (χ0v) is 19.7. The Kier molecular flexibility index (Phi) is 8.33. The molecule has 0 radical (unpaired) electrons. The van der Waals surface area contributed by atoms with Gasteiger partial charge in [0.2, 0.25) is 0 Å². The molecule has 1 aliphatic heterocycles. The summed E-state index contributed by atoms with van der Waals surface area (Å²) in [6, 6.07) is 7.84. The Bertz CT molecular complexity index is 1230. The average molecular weight is 543 g/mol. The van der Waals surface area contributed by atoms with Crippen LogP contribution in [-0.4, -0.2) is 58.9 Å². The van der Waals surface area contributed by atoms with Crippen molar-refractivity contribution in [1.82, 2.24) is 9.13 Å². The standard InChI is InChI=1S/C17H21ClN2O12P2/c18-11-3-1-10(2-4-11)5-7-19-13(21)6-8-20(17(19)24)16-15(23)14(22)12(31-16)9-30-34(28,29)32-33(25,26)27/h1-4,6,8,12,14-16,22-23H,5,7,9H2,(H,28,29)(H2,25,26,27)/t12-,14?,15?,16-/m1/s1. The van der Waals surface area contributed by atoms with E-state index in [0.717, 1.165) is 27.0 Å². The number of aliphatic hydroxyl groups excluding tert-OH is 2. The summed E-state index contributed by atoms with van der Waals surface area (Å²) in [4.78, 5) is 51.7. The second-order valence-corrected chi connectivity index (χ2v) is 10.5. The van der Waals surface area contributed by atoms with Crippen molar-refractivity contribution in [2.45, 2.75) is 37.5 Å². The molecule has 14 nitrogen and oxygen atoms in total. The van der Waals surface area contributed by atoms with Crippen LogP contribution < -0.4 is 11.2 Å². The molecular weight excluding hydrogens is 522 g/mol. The number of hydrogen-bond donors (Lipinski definition) is 5. The van der Waals surface area contributed by atoms with Crippen molar-refractivity contribution < 1.29 is 47.6 Å². The minimum absolute atomic E-state index is 0.00848. The van der Waals surface area contributed by atoms with E-state index in [0.29, 0.717) is 11.4 Å². The molecule has 0 saturated carbocycles. The lowest BCUT2D eigenvalue weighted by molar-refractivity contribution is -0.0548. The minimum atomic E-state index is -5.36. The maximum absolute atomic E-state index is 12.9. The Morgan fingerprint density at radius 1 is 1.03 bits per heavy atom. The van der Waals surface area contributed by atoms with E-state index in [2.05, 4.69) is 8.83 Å². The van der Waals surface area contributed by atoms with Crippen LogP contribution in [0.15, 0.2) is 46.1 Å². The fourth-order valence-electron chi connectivity index (χ4n) is 3.25. The van der Waals surface area contributed by atoms with Crippen LogP contribution in [0.2, 0.25) is 5.02 Å². The molecule has 34 heavy (non-hydrogen) atoms. The number of aryl methyl sites for hydroxylation is 1. The lowest BCUT2D eigenvalue weighted by atomic mass is 10.1. The van der Waals surface area contributed by atoms with E-state index in [-0.39, 0.29) is 6.54 Å². The van der Waals surface area contributed by atoms with Crippen LogP contribution in [0.1, 0.15) is 11.8 Å². The van der Waals surface area contributed by atoms with Crippen LogP contribution in [0.25, 0.3) is 0 Å². The quantitative estimate of drug-likeness (QED) is 0.260. The number of hydrogen-bond acceptors (Lipinski definition) is 9. The summed E-state index contributed by atoms with van der Waals surface area (Å²) >= 11 is 5.84. The monoisotopic (exact) mass is 542 g/mol. The first kappa shape index (κ1) is 26.9. The van der Waals surface area contributed by atoms with Gasteiger partial charge in [-0.15, -0.1) is 0 Å². The molecule has 0 bridgehead atoms. The first-order valence-corrected chi connectivity index (χ1v) is 13.0. The zero-order valence-electron chi connectivity index (χ0n) is 17.2. The molecule has 2 aromatic rings. The molecule has 5 N–H and O–H groups in total. The maximum Gasteiger partial charge on any atom is 0.481 e. The number of phosphoric ester groups is 1. The van der Waals surface area contributed by atoms with Gasteiger partial charge in [-0.3, -0.25) is 18.5 Å². The van der Waals surface area contributed by atoms with Crippen LogP contribution in [0.4, 0.5) is 0 Å². The molecule has 1 saturated heterocycles. The second-order valence-electron chi connectivity index (χ2n) is 7.25. The molecule has 1 aliphatic rings. The lowest BCUT2D eigenvalue weighted by Crippen LogP contribution is -2.43. The normalized spacial score (nSPS) is 24.8. The van der Waals surface area contributed by atoms with Crippen LogP contribution in [0, 0.1) is 0 Å². The summed E-state index contributed by atoms with van der Waals surface area (Å²) in [5, 5.41) is 21.1. The van der Waals surface area contributed by atoms with Crippen molar-refractivity contribution in [3.63, 3.8) is 0 Å². The van der Waals surface area contributed by atoms with Gasteiger partial charge in [-0.2, -0.15) is 4.31 Å². The first-order valence-electron chi connectivity index (χ1n) is 9.60. The third kappa shape index (κ3) is 6.72. The van der Waals surface area contributed by atoms with Crippen molar-refractivity contribution in [3.05, 3.63) is 68.0 Å². The highest BCUT2D eigenvalue weighted by atomic mass is 35.5. The summed E-state index contributed by atoms with van der Waals surface area (Å²) in [6.07, 6.45) is -5.05. The highest BCUT2D eigenvalue weighted by Gasteiger charge is 2.45. The lowest BCUT2D eigenvalue weighted by Gasteiger charge is -2.19. The summed E-state index contributed by atoms with van der Waals surface area (Å²) in [5.74, 6) is 0. The SMILES string of the molecule is O=c1ccn([C@@H]2O[C@H](COP(=O)(O)OP(=O)(O)O)C(O)C2O)c(=O)n1CCc1ccc(Cl)cc1. The smallest absolute Gasteiger partial charge is 0.387 e. The van der Waals surface area contributed by atoms with Crippen molar-refractivity contribution in [3.8, 4) is 0 Å². The van der Waals surface area contributed by atoms with E-state index in [9.17, 15) is 33.8 Å². The third-order valence-corrected chi connectivity index (χ3v) is 7.26. The number of aromatic nitrogens is 2. The van der Waals surface area contributed by atoms with Crippen molar-refractivity contribution >= 4 is 27.2 Å². The molecular formula is C17H21ClN2O12P2. The molecule has 0 amide bonds. The summed E-state index contributed by atoms with van der Waals surface area (Å²) in [6.45, 7) is -0.932. The highest BCUT2D eigenvalue weighted by Crippen LogP contribution is 2.57. The molecule has 1 aromatic heterocycles. The van der Waals surface area contributed by atoms with E-state index in [1.54, 1.807) is 24.3 Å². The van der Waals surface area contributed by atoms with Crippen molar-refractivity contribution in [1.29, 1.82) is 0 Å². The van der Waals surface area contributed by atoms with Gasteiger partial charge >= 0.3 is 21.3 Å². The predicted molar refractivity (Wildman–Crippen MR) is 115 cm³/mol. The van der Waals surface area contributed by atoms with E-state index < -0.39 is 58.0 Å². The van der Waals surface area contributed by atoms with Crippen LogP contribution in [0.3, 0.4) is 0 Å². The Morgan fingerprint density at radius 2 is 1.68 bits per heavy atom. The molecule has 3 unspecified atom stereocenters. The van der Waals surface area contributed by atoms with Gasteiger partial charge in [-0.05, 0) is 24.1 Å². The molecule has 2 heterocycles. The van der Waals surface area contributed by atoms with Crippen LogP contribution >= 0.6 is 27.2 Å².